The summed E-state index contributed by atoms with van der Waals surface area (Å²) < 4.78 is 5.64. The van der Waals surface area contributed by atoms with Gasteiger partial charge in [0, 0.05) is 13.0 Å². The lowest BCUT2D eigenvalue weighted by atomic mass is 10.1. The zero-order chi connectivity index (χ0) is 14.5. The summed E-state index contributed by atoms with van der Waals surface area (Å²) in [7, 11) is 0. The molecule has 1 aliphatic rings. The average molecular weight is 281 g/mol. The highest BCUT2D eigenvalue weighted by Crippen LogP contribution is 2.41. The van der Waals surface area contributed by atoms with E-state index in [9.17, 15) is 4.79 Å². The molecule has 3 heteroatoms. The molecule has 2 aromatic rings. The first-order valence-corrected chi connectivity index (χ1v) is 7.34. The van der Waals surface area contributed by atoms with Crippen LogP contribution in [0.15, 0.2) is 60.7 Å². The topological polar surface area (TPSA) is 41.6 Å². The van der Waals surface area contributed by atoms with E-state index >= 15 is 0 Å². The highest BCUT2D eigenvalue weighted by molar-refractivity contribution is 5.75. The molecule has 2 aromatic carbocycles. The standard InChI is InChI=1S/C18H19NO2/c20-17(19-13-14-7-3-1-4-8-14)12-11-16-18(21-16)15-9-5-2-6-10-15/h1-10,16,18H,11-13H2,(H,19,20)/t16-,18-/m1/s1. The van der Waals surface area contributed by atoms with Crippen molar-refractivity contribution in [1.82, 2.24) is 5.32 Å². The molecule has 1 saturated heterocycles. The summed E-state index contributed by atoms with van der Waals surface area (Å²) in [5.74, 6) is 0.0844. The summed E-state index contributed by atoms with van der Waals surface area (Å²) in [6.07, 6.45) is 1.66. The fraction of sp³-hybridized carbons (Fsp3) is 0.278. The molecule has 0 aromatic heterocycles. The van der Waals surface area contributed by atoms with Crippen LogP contribution in [0.1, 0.15) is 30.1 Å². The van der Waals surface area contributed by atoms with Gasteiger partial charge in [-0.15, -0.1) is 0 Å². The number of carbonyl (C=O) groups is 1. The molecule has 3 rings (SSSR count). The van der Waals surface area contributed by atoms with Crippen LogP contribution >= 0.6 is 0 Å². The van der Waals surface area contributed by atoms with Gasteiger partial charge < -0.3 is 10.1 Å². The first kappa shape index (κ1) is 13.8. The second kappa shape index (κ2) is 6.55. The van der Waals surface area contributed by atoms with Crippen molar-refractivity contribution in [2.24, 2.45) is 0 Å². The minimum atomic E-state index is 0.0844. The van der Waals surface area contributed by atoms with Crippen LogP contribution in [-0.4, -0.2) is 12.0 Å². The molecule has 1 amide bonds. The summed E-state index contributed by atoms with van der Waals surface area (Å²) >= 11 is 0. The monoisotopic (exact) mass is 281 g/mol. The van der Waals surface area contributed by atoms with Gasteiger partial charge in [0.2, 0.25) is 5.91 Å². The number of amides is 1. The van der Waals surface area contributed by atoms with E-state index in [0.717, 1.165) is 12.0 Å². The molecule has 1 fully saturated rings. The SMILES string of the molecule is O=C(CC[C@H]1O[C@@H]1c1ccccc1)NCc1ccccc1. The van der Waals surface area contributed by atoms with Crippen LogP contribution in [0.4, 0.5) is 0 Å². The molecule has 0 unspecified atom stereocenters. The van der Waals surface area contributed by atoms with Crippen molar-refractivity contribution in [3.8, 4) is 0 Å². The third-order valence-corrected chi connectivity index (χ3v) is 3.70. The molecule has 1 heterocycles. The number of epoxide rings is 1. The molecular weight excluding hydrogens is 262 g/mol. The molecule has 1 N–H and O–H groups in total. The molecule has 3 nitrogen and oxygen atoms in total. The van der Waals surface area contributed by atoms with Gasteiger partial charge in [0.05, 0.1) is 6.10 Å². The lowest BCUT2D eigenvalue weighted by molar-refractivity contribution is -0.121. The minimum absolute atomic E-state index is 0.0844. The van der Waals surface area contributed by atoms with E-state index in [2.05, 4.69) is 17.4 Å². The zero-order valence-corrected chi connectivity index (χ0v) is 11.9. The third kappa shape index (κ3) is 3.92. The minimum Gasteiger partial charge on any atom is -0.364 e. The highest BCUT2D eigenvalue weighted by Gasteiger charge is 2.39. The Morgan fingerprint density at radius 3 is 2.38 bits per heavy atom. The lowest BCUT2D eigenvalue weighted by Crippen LogP contribution is -2.22. The number of hydrogen-bond acceptors (Lipinski definition) is 2. The molecule has 21 heavy (non-hydrogen) atoms. The molecule has 0 radical (unpaired) electrons. The van der Waals surface area contributed by atoms with Crippen LogP contribution in [0.3, 0.4) is 0 Å². The maximum atomic E-state index is 11.8. The van der Waals surface area contributed by atoms with Crippen LogP contribution in [0, 0.1) is 0 Å². The zero-order valence-electron chi connectivity index (χ0n) is 11.9. The largest absolute Gasteiger partial charge is 0.364 e. The summed E-state index contributed by atoms with van der Waals surface area (Å²) in [6, 6.07) is 20.1. The lowest BCUT2D eigenvalue weighted by Gasteiger charge is -2.04. The van der Waals surface area contributed by atoms with Crippen LogP contribution in [0.5, 0.6) is 0 Å². The van der Waals surface area contributed by atoms with E-state index in [1.165, 1.54) is 5.56 Å². The summed E-state index contributed by atoms with van der Waals surface area (Å²) in [4.78, 5) is 11.8. The van der Waals surface area contributed by atoms with Crippen molar-refractivity contribution in [2.45, 2.75) is 31.6 Å². The number of carbonyl (C=O) groups excluding carboxylic acids is 1. The smallest absolute Gasteiger partial charge is 0.220 e. The highest BCUT2D eigenvalue weighted by atomic mass is 16.6. The Morgan fingerprint density at radius 1 is 1.00 bits per heavy atom. The molecule has 1 aliphatic heterocycles. The Kier molecular flexibility index (Phi) is 4.31. The predicted molar refractivity (Wildman–Crippen MR) is 81.6 cm³/mol. The summed E-state index contributed by atoms with van der Waals surface area (Å²) in [5.41, 5.74) is 2.32. The number of hydrogen-bond donors (Lipinski definition) is 1. The number of benzene rings is 2. The Balaban J connectivity index is 1.38. The number of nitrogens with one attached hydrogen (secondary N) is 1. The first-order chi connectivity index (χ1) is 10.3. The van der Waals surface area contributed by atoms with E-state index in [0.29, 0.717) is 13.0 Å². The van der Waals surface area contributed by atoms with Gasteiger partial charge in [-0.25, -0.2) is 0 Å². The van der Waals surface area contributed by atoms with E-state index in [1.54, 1.807) is 0 Å². The van der Waals surface area contributed by atoms with E-state index in [-0.39, 0.29) is 18.1 Å². The van der Waals surface area contributed by atoms with Gasteiger partial charge in [-0.1, -0.05) is 60.7 Å². The van der Waals surface area contributed by atoms with Crippen LogP contribution < -0.4 is 5.32 Å². The van der Waals surface area contributed by atoms with Crippen molar-refractivity contribution in [2.75, 3.05) is 0 Å². The fourth-order valence-electron chi connectivity index (χ4n) is 2.46. The quantitative estimate of drug-likeness (QED) is 0.826. The average Bonchev–Trinajstić information content (AvgIpc) is 3.32. The van der Waals surface area contributed by atoms with Crippen LogP contribution in [0.25, 0.3) is 0 Å². The maximum Gasteiger partial charge on any atom is 0.220 e. The number of ether oxygens (including phenoxy) is 1. The molecule has 108 valence electrons. The molecule has 0 bridgehead atoms. The summed E-state index contributed by atoms with van der Waals surface area (Å²) in [5, 5.41) is 2.94. The van der Waals surface area contributed by atoms with Gasteiger partial charge in [-0.2, -0.15) is 0 Å². The predicted octanol–water partition coefficient (Wildman–Crippen LogP) is 3.22. The van der Waals surface area contributed by atoms with Gasteiger partial charge in [0.1, 0.15) is 6.10 Å². The van der Waals surface area contributed by atoms with Crippen molar-refractivity contribution in [3.05, 3.63) is 71.8 Å². The van der Waals surface area contributed by atoms with E-state index < -0.39 is 0 Å². The third-order valence-electron chi connectivity index (χ3n) is 3.70. The Bertz CT molecular complexity index is 583. The van der Waals surface area contributed by atoms with Crippen molar-refractivity contribution < 1.29 is 9.53 Å². The maximum absolute atomic E-state index is 11.8. The van der Waals surface area contributed by atoms with Gasteiger partial charge in [-0.05, 0) is 17.5 Å². The second-order valence-electron chi connectivity index (χ2n) is 5.31. The normalized spacial score (nSPS) is 20.0. The second-order valence-corrected chi connectivity index (χ2v) is 5.31. The van der Waals surface area contributed by atoms with Gasteiger partial charge >= 0.3 is 0 Å². The molecule has 0 aliphatic carbocycles. The molecule has 2 atom stereocenters. The van der Waals surface area contributed by atoms with E-state index in [1.807, 2.05) is 48.5 Å². The van der Waals surface area contributed by atoms with Crippen molar-refractivity contribution in [1.29, 1.82) is 0 Å². The molecular formula is C18H19NO2. The molecule has 0 saturated carbocycles. The Labute approximate surface area is 124 Å². The van der Waals surface area contributed by atoms with Gasteiger partial charge in [-0.3, -0.25) is 4.79 Å². The van der Waals surface area contributed by atoms with Crippen LogP contribution in [-0.2, 0) is 16.1 Å². The van der Waals surface area contributed by atoms with Gasteiger partial charge in [0.15, 0.2) is 0 Å². The number of rotatable bonds is 6. The fourth-order valence-corrected chi connectivity index (χ4v) is 2.46. The molecule has 0 spiro atoms. The van der Waals surface area contributed by atoms with Crippen molar-refractivity contribution in [3.63, 3.8) is 0 Å². The van der Waals surface area contributed by atoms with Crippen LogP contribution in [0.2, 0.25) is 0 Å². The van der Waals surface area contributed by atoms with Crippen molar-refractivity contribution >= 4 is 5.91 Å². The first-order valence-electron chi connectivity index (χ1n) is 7.34. The summed E-state index contributed by atoms with van der Waals surface area (Å²) in [6.45, 7) is 0.591. The Hall–Kier alpha value is -2.13. The Morgan fingerprint density at radius 2 is 1.67 bits per heavy atom. The van der Waals surface area contributed by atoms with E-state index in [4.69, 9.17) is 4.74 Å². The van der Waals surface area contributed by atoms with Gasteiger partial charge in [0.25, 0.3) is 0 Å².